The molecule has 0 aromatic rings. The van der Waals surface area contributed by atoms with Crippen LogP contribution in [0.4, 0.5) is 0 Å². The Hall–Kier alpha value is -1.07. The van der Waals surface area contributed by atoms with E-state index in [2.05, 4.69) is 6.58 Å². The summed E-state index contributed by atoms with van der Waals surface area (Å²) < 4.78 is 43.0. The highest BCUT2D eigenvalue weighted by Gasteiger charge is 1.97. The van der Waals surface area contributed by atoms with Crippen LogP contribution in [-0.4, -0.2) is 106 Å². The van der Waals surface area contributed by atoms with Crippen molar-refractivity contribution in [2.45, 2.75) is 44.9 Å². The summed E-state index contributed by atoms with van der Waals surface area (Å²) in [7, 11) is 1.70. The van der Waals surface area contributed by atoms with E-state index in [0.717, 1.165) is 77.6 Å². The zero-order chi connectivity index (χ0) is 24.8. The number of carbonyl (C=O) groups excluding carboxylic acids is 1. The zero-order valence-corrected chi connectivity index (χ0v) is 21.3. The molecule has 0 radical (unpaired) electrons. The largest absolute Gasteiger partial charge is 0.462 e. The summed E-state index contributed by atoms with van der Waals surface area (Å²) in [5.41, 5.74) is 0. The normalized spacial score (nSPS) is 11.1. The van der Waals surface area contributed by atoms with Crippen molar-refractivity contribution in [3.63, 3.8) is 0 Å². The number of hydrogen-bond donors (Lipinski definition) is 0. The number of rotatable bonds is 29. The third-order valence-electron chi connectivity index (χ3n) is 4.37. The number of methoxy groups -OCH3 is 1. The second kappa shape index (κ2) is 30.0. The summed E-state index contributed by atoms with van der Waals surface area (Å²) >= 11 is 0. The van der Waals surface area contributed by atoms with Crippen molar-refractivity contribution in [2.24, 2.45) is 0 Å². The smallest absolute Gasteiger partial charge is 0.330 e. The monoisotopic (exact) mass is 492 g/mol. The first-order chi connectivity index (χ1) is 16.8. The van der Waals surface area contributed by atoms with E-state index in [0.29, 0.717) is 65.9 Å². The molecule has 0 spiro atoms. The summed E-state index contributed by atoms with van der Waals surface area (Å²) in [6, 6.07) is 0. The van der Waals surface area contributed by atoms with Crippen molar-refractivity contribution in [1.82, 2.24) is 0 Å². The van der Waals surface area contributed by atoms with Crippen molar-refractivity contribution in [1.29, 1.82) is 0 Å². The van der Waals surface area contributed by atoms with Gasteiger partial charge in [0.25, 0.3) is 0 Å². The molecule has 0 atom stereocenters. The molecule has 9 nitrogen and oxygen atoms in total. The van der Waals surface area contributed by atoms with Gasteiger partial charge in [0.1, 0.15) is 0 Å². The molecule has 0 rings (SSSR count). The van der Waals surface area contributed by atoms with E-state index in [4.69, 9.17) is 37.9 Å². The van der Waals surface area contributed by atoms with Gasteiger partial charge in [-0.25, -0.2) is 4.79 Å². The van der Waals surface area contributed by atoms with Gasteiger partial charge in [0.2, 0.25) is 0 Å². The molecule has 0 saturated carbocycles. The summed E-state index contributed by atoms with van der Waals surface area (Å²) in [6.45, 7) is 12.8. The molecule has 0 aromatic carbocycles. The second-order valence-corrected chi connectivity index (χ2v) is 7.51. The lowest BCUT2D eigenvalue weighted by atomic mass is 10.4. The van der Waals surface area contributed by atoms with Crippen LogP contribution < -0.4 is 0 Å². The number of esters is 1. The number of carbonyl (C=O) groups is 1. The van der Waals surface area contributed by atoms with Crippen LogP contribution in [0.2, 0.25) is 0 Å². The Morgan fingerprint density at radius 3 is 1.03 bits per heavy atom. The first-order valence-corrected chi connectivity index (χ1v) is 12.6. The van der Waals surface area contributed by atoms with Gasteiger partial charge >= 0.3 is 5.97 Å². The van der Waals surface area contributed by atoms with Crippen LogP contribution >= 0.6 is 0 Å². The summed E-state index contributed by atoms with van der Waals surface area (Å²) in [5.74, 6) is -0.398. The second-order valence-electron chi connectivity index (χ2n) is 7.51. The molecular weight excluding hydrogens is 444 g/mol. The molecule has 34 heavy (non-hydrogen) atoms. The molecule has 9 heteroatoms. The average Bonchev–Trinajstić information content (AvgIpc) is 2.85. The fraction of sp³-hybridized carbons (Fsp3) is 0.880. The summed E-state index contributed by atoms with van der Waals surface area (Å²) in [6.07, 6.45) is 7.23. The van der Waals surface area contributed by atoms with E-state index in [1.54, 1.807) is 7.11 Å². The zero-order valence-electron chi connectivity index (χ0n) is 21.3. The van der Waals surface area contributed by atoms with Gasteiger partial charge in [-0.2, -0.15) is 0 Å². The maximum Gasteiger partial charge on any atom is 0.330 e. The van der Waals surface area contributed by atoms with Crippen molar-refractivity contribution in [3.8, 4) is 0 Å². The highest BCUT2D eigenvalue weighted by molar-refractivity contribution is 5.81. The minimum atomic E-state index is -0.398. The van der Waals surface area contributed by atoms with Crippen molar-refractivity contribution >= 4 is 5.97 Å². The van der Waals surface area contributed by atoms with Gasteiger partial charge < -0.3 is 37.9 Å². The molecular formula is C25H48O9. The average molecular weight is 493 g/mol. The molecule has 0 N–H and O–H groups in total. The van der Waals surface area contributed by atoms with E-state index in [-0.39, 0.29) is 0 Å². The van der Waals surface area contributed by atoms with Crippen LogP contribution in [0.1, 0.15) is 44.9 Å². The molecule has 0 aromatic heterocycles. The van der Waals surface area contributed by atoms with Crippen molar-refractivity contribution in [2.75, 3.05) is 99.6 Å². The van der Waals surface area contributed by atoms with Gasteiger partial charge in [-0.05, 0) is 38.5 Å². The van der Waals surface area contributed by atoms with Gasteiger partial charge in [-0.15, -0.1) is 0 Å². The quantitative estimate of drug-likeness (QED) is 0.0887. The van der Waals surface area contributed by atoms with Crippen LogP contribution in [0.5, 0.6) is 0 Å². The molecule has 0 fully saturated rings. The Bertz CT molecular complexity index is 421. The molecule has 0 heterocycles. The summed E-state index contributed by atoms with van der Waals surface area (Å²) in [4.78, 5) is 10.8. The SMILES string of the molecule is C=CC(=O)OCCCOCCCOCCCOCCCOCCCOCCCOCCCOC. The topological polar surface area (TPSA) is 90.9 Å². The predicted molar refractivity (Wildman–Crippen MR) is 130 cm³/mol. The first-order valence-electron chi connectivity index (χ1n) is 12.6. The van der Waals surface area contributed by atoms with Gasteiger partial charge in [-0.1, -0.05) is 6.58 Å². The van der Waals surface area contributed by atoms with E-state index in [1.165, 1.54) is 0 Å². The Kier molecular flexibility index (Phi) is 29.0. The highest BCUT2D eigenvalue weighted by atomic mass is 16.5. The van der Waals surface area contributed by atoms with Crippen molar-refractivity contribution < 1.29 is 42.7 Å². The molecule has 0 aliphatic heterocycles. The molecule has 0 amide bonds. The standard InChI is InChI=1S/C25H48O9/c1-3-25(26)34-24-10-23-33-22-9-21-32-20-8-19-31-18-7-17-30-16-6-15-29-14-5-13-28-12-4-11-27-2/h3H,1,4-24H2,2H3. The van der Waals surface area contributed by atoms with Crippen LogP contribution in [-0.2, 0) is 42.7 Å². The van der Waals surface area contributed by atoms with Crippen LogP contribution in [0.3, 0.4) is 0 Å². The van der Waals surface area contributed by atoms with E-state index >= 15 is 0 Å². The van der Waals surface area contributed by atoms with Gasteiger partial charge in [0.05, 0.1) is 6.61 Å². The molecule has 0 saturated heterocycles. The number of ether oxygens (including phenoxy) is 8. The Balaban J connectivity index is 3.03. The minimum Gasteiger partial charge on any atom is -0.462 e. The third kappa shape index (κ3) is 29.0. The van der Waals surface area contributed by atoms with E-state index in [1.807, 2.05) is 0 Å². The van der Waals surface area contributed by atoms with Gasteiger partial charge in [0.15, 0.2) is 0 Å². The lowest BCUT2D eigenvalue weighted by Gasteiger charge is -2.08. The first kappa shape index (κ1) is 32.9. The Labute approximate surface area is 206 Å². The van der Waals surface area contributed by atoms with Gasteiger partial charge in [-0.3, -0.25) is 0 Å². The van der Waals surface area contributed by atoms with E-state index in [9.17, 15) is 4.79 Å². The fourth-order valence-electron chi connectivity index (χ4n) is 2.63. The predicted octanol–water partition coefficient (Wildman–Crippen LogP) is 3.19. The summed E-state index contributed by atoms with van der Waals surface area (Å²) in [5, 5.41) is 0. The van der Waals surface area contributed by atoms with Crippen molar-refractivity contribution in [3.05, 3.63) is 12.7 Å². The fourth-order valence-corrected chi connectivity index (χ4v) is 2.63. The van der Waals surface area contributed by atoms with Crippen LogP contribution in [0.25, 0.3) is 0 Å². The Morgan fingerprint density at radius 2 is 0.765 bits per heavy atom. The third-order valence-corrected chi connectivity index (χ3v) is 4.37. The molecule has 0 bridgehead atoms. The Morgan fingerprint density at radius 1 is 0.500 bits per heavy atom. The van der Waals surface area contributed by atoms with Gasteiger partial charge in [0, 0.05) is 105 Å². The van der Waals surface area contributed by atoms with Crippen LogP contribution in [0, 0.1) is 0 Å². The minimum absolute atomic E-state index is 0.357. The molecule has 0 aliphatic rings. The maximum atomic E-state index is 10.8. The highest BCUT2D eigenvalue weighted by Crippen LogP contribution is 1.94. The molecule has 202 valence electrons. The maximum absolute atomic E-state index is 10.8. The lowest BCUT2D eigenvalue weighted by molar-refractivity contribution is -0.138. The molecule has 0 aliphatic carbocycles. The lowest BCUT2D eigenvalue weighted by Crippen LogP contribution is -2.08. The number of hydrogen-bond acceptors (Lipinski definition) is 9. The van der Waals surface area contributed by atoms with Crippen LogP contribution in [0.15, 0.2) is 12.7 Å². The molecule has 0 unspecified atom stereocenters. The van der Waals surface area contributed by atoms with E-state index < -0.39 is 5.97 Å².